The Bertz CT molecular complexity index is 638. The molecule has 0 heterocycles. The van der Waals surface area contributed by atoms with Crippen molar-refractivity contribution in [2.45, 2.75) is 32.9 Å². The lowest BCUT2D eigenvalue weighted by Crippen LogP contribution is -2.29. The van der Waals surface area contributed by atoms with Crippen LogP contribution in [0.25, 0.3) is 0 Å². The third-order valence-electron chi connectivity index (χ3n) is 3.56. The SMILES string of the molecule is CC(C)c1ccccc1NC(=O)NCc1ccccc1CO. The van der Waals surface area contributed by atoms with Gasteiger partial charge < -0.3 is 15.7 Å². The summed E-state index contributed by atoms with van der Waals surface area (Å²) in [6.07, 6.45) is 0. The van der Waals surface area contributed by atoms with Crippen molar-refractivity contribution >= 4 is 11.7 Å². The van der Waals surface area contributed by atoms with Gasteiger partial charge in [0.1, 0.15) is 0 Å². The van der Waals surface area contributed by atoms with Crippen molar-refractivity contribution in [2.75, 3.05) is 5.32 Å². The maximum absolute atomic E-state index is 12.1. The molecular formula is C18H22N2O2. The molecule has 2 rings (SSSR count). The number of rotatable bonds is 5. The highest BCUT2D eigenvalue weighted by molar-refractivity contribution is 5.90. The highest BCUT2D eigenvalue weighted by Gasteiger charge is 2.09. The van der Waals surface area contributed by atoms with Crippen LogP contribution in [-0.2, 0) is 13.2 Å². The van der Waals surface area contributed by atoms with Crippen molar-refractivity contribution in [3.8, 4) is 0 Å². The second-order valence-corrected chi connectivity index (χ2v) is 5.48. The molecule has 0 aliphatic heterocycles. The van der Waals surface area contributed by atoms with Gasteiger partial charge in [0, 0.05) is 12.2 Å². The topological polar surface area (TPSA) is 61.4 Å². The first-order valence-electron chi connectivity index (χ1n) is 7.43. The first kappa shape index (κ1) is 16.0. The van der Waals surface area contributed by atoms with Crippen LogP contribution in [0.15, 0.2) is 48.5 Å². The molecule has 4 nitrogen and oxygen atoms in total. The van der Waals surface area contributed by atoms with Crippen LogP contribution in [0.1, 0.15) is 36.5 Å². The Morgan fingerprint density at radius 1 is 1.05 bits per heavy atom. The van der Waals surface area contributed by atoms with E-state index in [-0.39, 0.29) is 12.6 Å². The fourth-order valence-corrected chi connectivity index (χ4v) is 2.34. The number of aliphatic hydroxyl groups is 1. The van der Waals surface area contributed by atoms with Gasteiger partial charge in [-0.3, -0.25) is 0 Å². The number of nitrogens with one attached hydrogen (secondary N) is 2. The molecule has 0 atom stereocenters. The van der Waals surface area contributed by atoms with Crippen LogP contribution >= 0.6 is 0 Å². The summed E-state index contributed by atoms with van der Waals surface area (Å²) in [6.45, 7) is 4.54. The second-order valence-electron chi connectivity index (χ2n) is 5.48. The summed E-state index contributed by atoms with van der Waals surface area (Å²) in [5, 5.41) is 15.0. The van der Waals surface area contributed by atoms with Gasteiger partial charge in [0.05, 0.1) is 6.61 Å². The Morgan fingerprint density at radius 3 is 2.36 bits per heavy atom. The lowest BCUT2D eigenvalue weighted by atomic mass is 10.0. The maximum Gasteiger partial charge on any atom is 0.319 e. The Hall–Kier alpha value is -2.33. The normalized spacial score (nSPS) is 10.5. The molecule has 0 aromatic heterocycles. The number of carbonyl (C=O) groups is 1. The third kappa shape index (κ3) is 4.09. The van der Waals surface area contributed by atoms with Crippen molar-refractivity contribution < 1.29 is 9.90 Å². The number of aliphatic hydroxyl groups excluding tert-OH is 1. The number of benzene rings is 2. The van der Waals surface area contributed by atoms with Gasteiger partial charge >= 0.3 is 6.03 Å². The first-order valence-corrected chi connectivity index (χ1v) is 7.43. The monoisotopic (exact) mass is 298 g/mol. The molecule has 0 spiro atoms. The molecule has 0 aliphatic rings. The van der Waals surface area contributed by atoms with Crippen LogP contribution in [0, 0.1) is 0 Å². The average molecular weight is 298 g/mol. The lowest BCUT2D eigenvalue weighted by Gasteiger charge is -2.14. The molecule has 2 aromatic rings. The van der Waals surface area contributed by atoms with Gasteiger partial charge in [0.25, 0.3) is 0 Å². The number of para-hydroxylation sites is 1. The molecule has 116 valence electrons. The molecule has 2 amide bonds. The smallest absolute Gasteiger partial charge is 0.319 e. The minimum absolute atomic E-state index is 0.0321. The molecule has 22 heavy (non-hydrogen) atoms. The average Bonchev–Trinajstić information content (AvgIpc) is 2.53. The molecule has 0 radical (unpaired) electrons. The van der Waals surface area contributed by atoms with E-state index < -0.39 is 0 Å². The molecule has 0 saturated carbocycles. The largest absolute Gasteiger partial charge is 0.392 e. The van der Waals surface area contributed by atoms with E-state index in [1.54, 1.807) is 0 Å². The molecule has 3 N–H and O–H groups in total. The quantitative estimate of drug-likeness (QED) is 0.789. The van der Waals surface area contributed by atoms with Crippen LogP contribution in [0.3, 0.4) is 0 Å². The summed E-state index contributed by atoms with van der Waals surface area (Å²) < 4.78 is 0. The predicted octanol–water partition coefficient (Wildman–Crippen LogP) is 3.62. The molecule has 2 aromatic carbocycles. The Kier molecular flexibility index (Phi) is 5.55. The number of hydrogen-bond acceptors (Lipinski definition) is 2. The van der Waals surface area contributed by atoms with Crippen LogP contribution in [0.4, 0.5) is 10.5 Å². The van der Waals surface area contributed by atoms with Crippen molar-refractivity contribution in [3.63, 3.8) is 0 Å². The van der Waals surface area contributed by atoms with E-state index in [0.717, 1.165) is 22.4 Å². The fraction of sp³-hybridized carbons (Fsp3) is 0.278. The Labute approximate surface area is 131 Å². The summed E-state index contributed by atoms with van der Waals surface area (Å²) >= 11 is 0. The number of anilines is 1. The molecule has 0 aliphatic carbocycles. The van der Waals surface area contributed by atoms with E-state index in [4.69, 9.17) is 0 Å². The zero-order valence-corrected chi connectivity index (χ0v) is 13.0. The van der Waals surface area contributed by atoms with Gasteiger partial charge in [-0.05, 0) is 28.7 Å². The zero-order chi connectivity index (χ0) is 15.9. The second kappa shape index (κ2) is 7.61. The highest BCUT2D eigenvalue weighted by Crippen LogP contribution is 2.23. The van der Waals surface area contributed by atoms with Crippen LogP contribution < -0.4 is 10.6 Å². The third-order valence-corrected chi connectivity index (χ3v) is 3.56. The standard InChI is InChI=1S/C18H22N2O2/c1-13(2)16-9-5-6-10-17(16)20-18(22)19-11-14-7-3-4-8-15(14)12-21/h3-10,13,21H,11-12H2,1-2H3,(H2,19,20,22). The molecule has 4 heteroatoms. The fourth-order valence-electron chi connectivity index (χ4n) is 2.34. The van der Waals surface area contributed by atoms with Gasteiger partial charge in [-0.1, -0.05) is 56.3 Å². The highest BCUT2D eigenvalue weighted by atomic mass is 16.3. The first-order chi connectivity index (χ1) is 10.6. The summed E-state index contributed by atoms with van der Waals surface area (Å²) in [7, 11) is 0. The Morgan fingerprint density at radius 2 is 1.68 bits per heavy atom. The molecule has 0 fully saturated rings. The van der Waals surface area contributed by atoms with Crippen molar-refractivity contribution in [3.05, 3.63) is 65.2 Å². The van der Waals surface area contributed by atoms with Crippen molar-refractivity contribution in [1.82, 2.24) is 5.32 Å². The maximum atomic E-state index is 12.1. The predicted molar refractivity (Wildman–Crippen MR) is 88.8 cm³/mol. The van der Waals surface area contributed by atoms with Crippen LogP contribution in [0.5, 0.6) is 0 Å². The summed E-state index contributed by atoms with van der Waals surface area (Å²) in [5.41, 5.74) is 3.67. The van der Waals surface area contributed by atoms with Gasteiger partial charge in [-0.25, -0.2) is 4.79 Å². The minimum atomic E-state index is -0.249. The van der Waals surface area contributed by atoms with Crippen LogP contribution in [0.2, 0.25) is 0 Å². The van der Waals surface area contributed by atoms with Crippen molar-refractivity contribution in [1.29, 1.82) is 0 Å². The summed E-state index contributed by atoms with van der Waals surface area (Å²) in [6, 6.07) is 15.0. The number of carbonyl (C=O) groups excluding carboxylic acids is 1. The minimum Gasteiger partial charge on any atom is -0.392 e. The van der Waals surface area contributed by atoms with Crippen molar-refractivity contribution in [2.24, 2.45) is 0 Å². The lowest BCUT2D eigenvalue weighted by molar-refractivity contribution is 0.251. The summed E-state index contributed by atoms with van der Waals surface area (Å²) in [5.74, 6) is 0.339. The van der Waals surface area contributed by atoms with E-state index >= 15 is 0 Å². The van der Waals surface area contributed by atoms with Gasteiger partial charge in [0.2, 0.25) is 0 Å². The molecule has 0 bridgehead atoms. The van der Waals surface area contributed by atoms with E-state index in [0.29, 0.717) is 12.5 Å². The Balaban J connectivity index is 1.99. The molecule has 0 unspecified atom stereocenters. The number of urea groups is 1. The molecule has 0 saturated heterocycles. The van der Waals surface area contributed by atoms with E-state index in [2.05, 4.69) is 24.5 Å². The van der Waals surface area contributed by atoms with E-state index in [1.807, 2.05) is 48.5 Å². The van der Waals surface area contributed by atoms with Gasteiger partial charge in [0.15, 0.2) is 0 Å². The molecular weight excluding hydrogens is 276 g/mol. The van der Waals surface area contributed by atoms with Gasteiger partial charge in [-0.15, -0.1) is 0 Å². The van der Waals surface area contributed by atoms with Gasteiger partial charge in [-0.2, -0.15) is 0 Å². The van der Waals surface area contributed by atoms with E-state index in [9.17, 15) is 9.90 Å². The number of amides is 2. The number of hydrogen-bond donors (Lipinski definition) is 3. The zero-order valence-electron chi connectivity index (χ0n) is 13.0. The van der Waals surface area contributed by atoms with E-state index in [1.165, 1.54) is 0 Å². The summed E-state index contributed by atoms with van der Waals surface area (Å²) in [4.78, 5) is 12.1. The van der Waals surface area contributed by atoms with Crippen LogP contribution in [-0.4, -0.2) is 11.1 Å².